The third kappa shape index (κ3) is 3.32. The van der Waals surface area contributed by atoms with Crippen LogP contribution in [0.4, 0.5) is 5.69 Å². The molecule has 1 aromatic heterocycles. The van der Waals surface area contributed by atoms with Gasteiger partial charge in [-0.1, -0.05) is 18.2 Å². The Morgan fingerprint density at radius 1 is 1.29 bits per heavy atom. The summed E-state index contributed by atoms with van der Waals surface area (Å²) in [7, 11) is 0. The molecule has 1 heterocycles. The van der Waals surface area contributed by atoms with E-state index in [0.29, 0.717) is 5.96 Å². The standard InChI is InChI=1S/C13H15N3S/c1-10(11-7-8-17-9-11)15-13(14)16-12-5-3-2-4-6-12/h2-10H,1H3,(H3,14,15,16). The molecule has 0 saturated carbocycles. The Labute approximate surface area is 105 Å². The summed E-state index contributed by atoms with van der Waals surface area (Å²) in [4.78, 5) is 4.40. The van der Waals surface area contributed by atoms with Crippen LogP contribution in [0.15, 0.2) is 52.2 Å². The molecule has 4 heteroatoms. The topological polar surface area (TPSA) is 50.4 Å². The largest absolute Gasteiger partial charge is 0.370 e. The number of rotatable bonds is 3. The van der Waals surface area contributed by atoms with Crippen LogP contribution >= 0.6 is 11.3 Å². The van der Waals surface area contributed by atoms with Crippen molar-refractivity contribution in [3.8, 4) is 0 Å². The van der Waals surface area contributed by atoms with Crippen molar-refractivity contribution in [3.63, 3.8) is 0 Å². The van der Waals surface area contributed by atoms with Crippen molar-refractivity contribution in [2.75, 3.05) is 5.32 Å². The number of guanidine groups is 1. The fraction of sp³-hybridized carbons (Fsp3) is 0.154. The molecule has 0 saturated heterocycles. The number of nitrogens with two attached hydrogens (primary N) is 1. The van der Waals surface area contributed by atoms with E-state index >= 15 is 0 Å². The fourth-order valence-electron chi connectivity index (χ4n) is 1.50. The molecule has 0 fully saturated rings. The lowest BCUT2D eigenvalue weighted by atomic mass is 10.2. The lowest BCUT2D eigenvalue weighted by Crippen LogP contribution is -2.23. The Bertz CT molecular complexity index is 477. The van der Waals surface area contributed by atoms with Gasteiger partial charge >= 0.3 is 0 Å². The van der Waals surface area contributed by atoms with Crippen molar-refractivity contribution in [2.24, 2.45) is 10.7 Å². The van der Waals surface area contributed by atoms with Crippen LogP contribution in [0.1, 0.15) is 18.5 Å². The van der Waals surface area contributed by atoms with Crippen molar-refractivity contribution in [2.45, 2.75) is 13.0 Å². The van der Waals surface area contributed by atoms with E-state index in [1.54, 1.807) is 11.3 Å². The van der Waals surface area contributed by atoms with Crippen LogP contribution in [0.3, 0.4) is 0 Å². The molecule has 0 spiro atoms. The molecule has 2 aromatic rings. The Kier molecular flexibility index (Phi) is 3.77. The van der Waals surface area contributed by atoms with Gasteiger partial charge in [0.2, 0.25) is 0 Å². The van der Waals surface area contributed by atoms with E-state index in [-0.39, 0.29) is 6.04 Å². The number of thiophene rings is 1. The summed E-state index contributed by atoms with van der Waals surface area (Å²) in [5.74, 6) is 0.440. The van der Waals surface area contributed by atoms with Crippen LogP contribution in [0.5, 0.6) is 0 Å². The maximum atomic E-state index is 5.86. The molecule has 2 rings (SSSR count). The third-order valence-electron chi connectivity index (χ3n) is 2.40. The Morgan fingerprint density at radius 3 is 2.71 bits per heavy atom. The number of para-hydroxylation sites is 1. The van der Waals surface area contributed by atoms with Gasteiger partial charge in [0, 0.05) is 5.69 Å². The van der Waals surface area contributed by atoms with E-state index in [2.05, 4.69) is 21.8 Å². The number of nitrogens with one attached hydrogen (secondary N) is 1. The number of hydrogen-bond donors (Lipinski definition) is 2. The first-order valence-electron chi connectivity index (χ1n) is 5.43. The van der Waals surface area contributed by atoms with Gasteiger partial charge in [-0.3, -0.25) is 0 Å². The smallest absolute Gasteiger partial charge is 0.193 e. The fourth-order valence-corrected chi connectivity index (χ4v) is 2.24. The molecule has 3 nitrogen and oxygen atoms in total. The van der Waals surface area contributed by atoms with E-state index in [1.165, 1.54) is 5.56 Å². The molecule has 17 heavy (non-hydrogen) atoms. The maximum Gasteiger partial charge on any atom is 0.193 e. The Hall–Kier alpha value is -1.81. The van der Waals surface area contributed by atoms with Gasteiger partial charge in [-0.15, -0.1) is 0 Å². The molecule has 88 valence electrons. The van der Waals surface area contributed by atoms with Crippen LogP contribution in [0, 0.1) is 0 Å². The van der Waals surface area contributed by atoms with E-state index in [4.69, 9.17) is 5.73 Å². The number of nitrogens with zero attached hydrogens (tertiary/aromatic N) is 1. The average molecular weight is 245 g/mol. The molecule has 1 unspecified atom stereocenters. The number of hydrogen-bond acceptors (Lipinski definition) is 2. The van der Waals surface area contributed by atoms with Crippen LogP contribution < -0.4 is 11.1 Å². The number of aliphatic imine (C=N–C) groups is 1. The van der Waals surface area contributed by atoms with Gasteiger partial charge in [0.05, 0.1) is 6.04 Å². The summed E-state index contributed by atoms with van der Waals surface area (Å²) in [6, 6.07) is 11.9. The predicted molar refractivity (Wildman–Crippen MR) is 74.4 cm³/mol. The summed E-state index contributed by atoms with van der Waals surface area (Å²) >= 11 is 1.67. The average Bonchev–Trinajstić information content (AvgIpc) is 2.83. The molecule has 1 aromatic carbocycles. The quantitative estimate of drug-likeness (QED) is 0.644. The summed E-state index contributed by atoms with van der Waals surface area (Å²) in [5.41, 5.74) is 7.99. The van der Waals surface area contributed by atoms with Crippen molar-refractivity contribution >= 4 is 23.0 Å². The zero-order chi connectivity index (χ0) is 12.1. The van der Waals surface area contributed by atoms with Crippen molar-refractivity contribution in [3.05, 3.63) is 52.7 Å². The number of benzene rings is 1. The lowest BCUT2D eigenvalue weighted by molar-refractivity contribution is 0.822. The van der Waals surface area contributed by atoms with Gasteiger partial charge in [0.1, 0.15) is 0 Å². The van der Waals surface area contributed by atoms with Gasteiger partial charge in [0.15, 0.2) is 5.96 Å². The van der Waals surface area contributed by atoms with Crippen LogP contribution in [0.2, 0.25) is 0 Å². The second-order valence-corrected chi connectivity index (χ2v) is 4.52. The van der Waals surface area contributed by atoms with Gasteiger partial charge in [-0.2, -0.15) is 11.3 Å². The van der Waals surface area contributed by atoms with Gasteiger partial charge in [-0.05, 0) is 41.4 Å². The predicted octanol–water partition coefficient (Wildman–Crippen LogP) is 3.24. The van der Waals surface area contributed by atoms with E-state index in [0.717, 1.165) is 5.69 Å². The Morgan fingerprint density at radius 2 is 2.06 bits per heavy atom. The minimum Gasteiger partial charge on any atom is -0.370 e. The SMILES string of the molecule is CC(N=C(N)Nc1ccccc1)c1ccsc1. The monoisotopic (exact) mass is 245 g/mol. The van der Waals surface area contributed by atoms with Crippen LogP contribution in [-0.2, 0) is 0 Å². The summed E-state index contributed by atoms with van der Waals surface area (Å²) in [6.45, 7) is 2.03. The van der Waals surface area contributed by atoms with Gasteiger partial charge < -0.3 is 11.1 Å². The first-order valence-corrected chi connectivity index (χ1v) is 6.37. The zero-order valence-electron chi connectivity index (χ0n) is 9.63. The van der Waals surface area contributed by atoms with Crippen LogP contribution in [0.25, 0.3) is 0 Å². The minimum atomic E-state index is 0.0810. The van der Waals surface area contributed by atoms with E-state index < -0.39 is 0 Å². The van der Waals surface area contributed by atoms with Crippen LogP contribution in [-0.4, -0.2) is 5.96 Å². The summed E-state index contributed by atoms with van der Waals surface area (Å²) in [6.07, 6.45) is 0. The normalized spacial score (nSPS) is 13.4. The highest BCUT2D eigenvalue weighted by atomic mass is 32.1. The molecular formula is C13H15N3S. The van der Waals surface area contributed by atoms with E-state index in [9.17, 15) is 0 Å². The molecule has 0 amide bonds. The second-order valence-electron chi connectivity index (χ2n) is 3.74. The molecular weight excluding hydrogens is 230 g/mol. The molecule has 3 N–H and O–H groups in total. The molecule has 0 bridgehead atoms. The molecule has 1 atom stereocenters. The summed E-state index contributed by atoms with van der Waals surface area (Å²) in [5, 5.41) is 7.20. The van der Waals surface area contributed by atoms with Crippen molar-refractivity contribution in [1.82, 2.24) is 0 Å². The molecule has 0 radical (unpaired) electrons. The molecule has 0 aliphatic carbocycles. The maximum absolute atomic E-state index is 5.86. The number of anilines is 1. The third-order valence-corrected chi connectivity index (χ3v) is 3.11. The second kappa shape index (κ2) is 5.50. The van der Waals surface area contributed by atoms with Crippen molar-refractivity contribution in [1.29, 1.82) is 0 Å². The summed E-state index contributed by atoms with van der Waals surface area (Å²) < 4.78 is 0. The molecule has 0 aliphatic rings. The first kappa shape index (κ1) is 11.7. The van der Waals surface area contributed by atoms with Crippen molar-refractivity contribution < 1.29 is 0 Å². The highest BCUT2D eigenvalue weighted by Gasteiger charge is 2.04. The highest BCUT2D eigenvalue weighted by Crippen LogP contribution is 2.19. The molecule has 0 aliphatic heterocycles. The van der Waals surface area contributed by atoms with E-state index in [1.807, 2.05) is 42.6 Å². The first-order chi connectivity index (χ1) is 8.25. The minimum absolute atomic E-state index is 0.0810. The zero-order valence-corrected chi connectivity index (χ0v) is 10.4. The van der Waals surface area contributed by atoms with Gasteiger partial charge in [-0.25, -0.2) is 4.99 Å². The highest BCUT2D eigenvalue weighted by molar-refractivity contribution is 7.07. The lowest BCUT2D eigenvalue weighted by Gasteiger charge is -2.08. The Balaban J connectivity index is 2.02. The van der Waals surface area contributed by atoms with Gasteiger partial charge in [0.25, 0.3) is 0 Å².